The molecule has 10 heteroatoms. The fourth-order valence-corrected chi connectivity index (χ4v) is 2.66. The van der Waals surface area contributed by atoms with Crippen LogP contribution in [0.3, 0.4) is 0 Å². The van der Waals surface area contributed by atoms with E-state index in [-0.39, 0.29) is 23.2 Å². The number of carbonyl (C=O) groups excluding carboxylic acids is 3. The van der Waals surface area contributed by atoms with Crippen molar-refractivity contribution < 1.29 is 19.1 Å². The molecule has 9 nitrogen and oxygen atoms in total. The van der Waals surface area contributed by atoms with Crippen LogP contribution < -0.4 is 16.6 Å². The molecule has 1 rings (SSSR count). The Hall–Kier alpha value is -2.36. The predicted octanol–water partition coefficient (Wildman–Crippen LogP) is -0.203. The summed E-state index contributed by atoms with van der Waals surface area (Å²) in [4.78, 5) is 52.3. The largest absolute Gasteiger partial charge is 0.469 e. The molecule has 0 saturated carbocycles. The number of esters is 1. The van der Waals surface area contributed by atoms with Gasteiger partial charge < -0.3 is 15.5 Å². The number of urea groups is 1. The number of primary amides is 1. The number of carbonyl (C=O) groups is 3. The third-order valence-electron chi connectivity index (χ3n) is 2.68. The molecule has 1 unspecified atom stereocenters. The van der Waals surface area contributed by atoms with Crippen LogP contribution in [-0.2, 0) is 20.7 Å². The van der Waals surface area contributed by atoms with Gasteiger partial charge >= 0.3 is 12.0 Å². The van der Waals surface area contributed by atoms with Gasteiger partial charge in [-0.1, -0.05) is 25.6 Å². The van der Waals surface area contributed by atoms with Gasteiger partial charge in [-0.2, -0.15) is 0 Å². The molecule has 0 aliphatic carbocycles. The lowest BCUT2D eigenvalue weighted by molar-refractivity contribution is -0.139. The zero-order chi connectivity index (χ0) is 17.6. The number of hydrogen-bond donors (Lipinski definition) is 3. The first kappa shape index (κ1) is 18.7. The van der Waals surface area contributed by atoms with Crippen molar-refractivity contribution in [2.24, 2.45) is 11.7 Å². The highest BCUT2D eigenvalue weighted by molar-refractivity contribution is 8.00. The quantitative estimate of drug-likeness (QED) is 0.369. The summed E-state index contributed by atoms with van der Waals surface area (Å²) in [6.07, 6.45) is -0.159. The number of rotatable bonds is 6. The van der Waals surface area contributed by atoms with Crippen molar-refractivity contribution in [3.63, 3.8) is 0 Å². The molecule has 0 saturated heterocycles. The number of imide groups is 1. The molecule has 0 fully saturated rings. The highest BCUT2D eigenvalue weighted by Crippen LogP contribution is 2.25. The lowest BCUT2D eigenvalue weighted by atomic mass is 10.1. The van der Waals surface area contributed by atoms with Gasteiger partial charge in [-0.15, -0.1) is 0 Å². The Kier molecular flexibility index (Phi) is 6.76. The van der Waals surface area contributed by atoms with Gasteiger partial charge in [0, 0.05) is 6.07 Å². The number of aromatic amines is 1. The number of hydrogen-bond acceptors (Lipinski definition) is 7. The zero-order valence-corrected chi connectivity index (χ0v) is 13.7. The molecular weight excluding hydrogens is 324 g/mol. The maximum absolute atomic E-state index is 12.0. The van der Waals surface area contributed by atoms with Gasteiger partial charge in [-0.3, -0.25) is 19.7 Å². The Bertz CT molecular complexity index is 658. The number of nitrogens with one attached hydrogen (secondary N) is 2. The van der Waals surface area contributed by atoms with E-state index >= 15 is 0 Å². The first-order valence-corrected chi connectivity index (χ1v) is 7.55. The monoisotopic (exact) mass is 342 g/mol. The van der Waals surface area contributed by atoms with Crippen molar-refractivity contribution >= 4 is 29.7 Å². The third-order valence-corrected chi connectivity index (χ3v) is 4.10. The van der Waals surface area contributed by atoms with Crippen LogP contribution in [-0.4, -0.2) is 40.2 Å². The van der Waals surface area contributed by atoms with Crippen LogP contribution in [0.5, 0.6) is 0 Å². The molecule has 1 aromatic rings. The summed E-state index contributed by atoms with van der Waals surface area (Å²) >= 11 is 0.971. The molecule has 0 aromatic carbocycles. The Morgan fingerprint density at radius 2 is 2.09 bits per heavy atom. The second-order valence-electron chi connectivity index (χ2n) is 4.93. The van der Waals surface area contributed by atoms with Crippen LogP contribution in [0.25, 0.3) is 0 Å². The molecule has 0 bridgehead atoms. The molecule has 1 heterocycles. The molecule has 1 aromatic heterocycles. The van der Waals surface area contributed by atoms with Gasteiger partial charge in [0.2, 0.25) is 5.91 Å². The summed E-state index contributed by atoms with van der Waals surface area (Å²) in [7, 11) is 1.23. The maximum atomic E-state index is 12.0. The average Bonchev–Trinajstić information content (AvgIpc) is 2.42. The second-order valence-corrected chi connectivity index (χ2v) is 6.06. The van der Waals surface area contributed by atoms with Crippen molar-refractivity contribution in [1.29, 1.82) is 0 Å². The summed E-state index contributed by atoms with van der Waals surface area (Å²) in [5, 5.41) is 1.47. The minimum absolute atomic E-state index is 0.158. The number of amides is 3. The molecule has 3 amide bonds. The van der Waals surface area contributed by atoms with E-state index in [9.17, 15) is 19.2 Å². The van der Waals surface area contributed by atoms with Gasteiger partial charge in [-0.25, -0.2) is 9.78 Å². The Morgan fingerprint density at radius 3 is 2.61 bits per heavy atom. The van der Waals surface area contributed by atoms with Crippen LogP contribution in [0.1, 0.15) is 19.5 Å². The molecular formula is C13H18N4O5S. The van der Waals surface area contributed by atoms with E-state index in [2.05, 4.69) is 14.7 Å². The van der Waals surface area contributed by atoms with Gasteiger partial charge in [0.25, 0.3) is 5.56 Å². The minimum Gasteiger partial charge on any atom is -0.469 e. The summed E-state index contributed by atoms with van der Waals surface area (Å²) < 4.78 is 4.52. The van der Waals surface area contributed by atoms with E-state index in [0.29, 0.717) is 0 Å². The zero-order valence-electron chi connectivity index (χ0n) is 12.9. The molecule has 0 aliphatic rings. The summed E-state index contributed by atoms with van der Waals surface area (Å²) in [6, 6.07) is 0.219. The highest BCUT2D eigenvalue weighted by atomic mass is 32.2. The third kappa shape index (κ3) is 6.10. The van der Waals surface area contributed by atoms with Crippen LogP contribution in [0, 0.1) is 5.92 Å². The summed E-state index contributed by atoms with van der Waals surface area (Å²) in [6.45, 7) is 3.54. The number of H-pyrrole nitrogens is 1. The van der Waals surface area contributed by atoms with Gasteiger partial charge in [0.1, 0.15) is 0 Å². The molecule has 0 aliphatic heterocycles. The SMILES string of the molecule is COC(=O)Cc1cc(=O)[nH]c(SC(C(=O)NC(N)=O)C(C)C)n1. The van der Waals surface area contributed by atoms with Crippen molar-refractivity contribution in [3.8, 4) is 0 Å². The second kappa shape index (κ2) is 8.32. The van der Waals surface area contributed by atoms with Crippen molar-refractivity contribution in [1.82, 2.24) is 15.3 Å². The van der Waals surface area contributed by atoms with Gasteiger partial charge in [0.05, 0.1) is 24.5 Å². The molecule has 23 heavy (non-hydrogen) atoms. The van der Waals surface area contributed by atoms with Gasteiger partial charge in [-0.05, 0) is 5.92 Å². The Balaban J connectivity index is 3.00. The van der Waals surface area contributed by atoms with Crippen molar-refractivity contribution in [2.75, 3.05) is 7.11 Å². The lowest BCUT2D eigenvalue weighted by Crippen LogP contribution is -2.42. The maximum Gasteiger partial charge on any atom is 0.318 e. The molecule has 0 spiro atoms. The first-order valence-electron chi connectivity index (χ1n) is 6.67. The number of aromatic nitrogens is 2. The van der Waals surface area contributed by atoms with E-state index in [1.165, 1.54) is 13.2 Å². The van der Waals surface area contributed by atoms with Crippen LogP contribution >= 0.6 is 11.8 Å². The van der Waals surface area contributed by atoms with E-state index < -0.39 is 28.7 Å². The van der Waals surface area contributed by atoms with Crippen molar-refractivity contribution in [2.45, 2.75) is 30.7 Å². The number of thioether (sulfide) groups is 1. The summed E-state index contributed by atoms with van der Waals surface area (Å²) in [5.41, 5.74) is 4.70. The standard InChI is InChI=1S/C13H18N4O5S/c1-6(2)10(11(20)17-12(14)21)23-13-15-7(4-8(18)16-13)5-9(19)22-3/h4,6,10H,5H2,1-3H3,(H,15,16,18)(H3,14,17,20,21). The Labute approximate surface area is 136 Å². The predicted molar refractivity (Wildman–Crippen MR) is 82.8 cm³/mol. The fourth-order valence-electron chi connectivity index (χ4n) is 1.66. The number of nitrogens with two attached hydrogens (primary N) is 1. The topological polar surface area (TPSA) is 144 Å². The molecule has 4 N–H and O–H groups in total. The normalized spacial score (nSPS) is 11.8. The van der Waals surface area contributed by atoms with Crippen LogP contribution in [0.4, 0.5) is 4.79 Å². The first-order chi connectivity index (χ1) is 10.7. The Morgan fingerprint density at radius 1 is 1.43 bits per heavy atom. The van der Waals surface area contributed by atoms with E-state index in [1.54, 1.807) is 13.8 Å². The van der Waals surface area contributed by atoms with E-state index in [4.69, 9.17) is 5.73 Å². The molecule has 0 radical (unpaired) electrons. The van der Waals surface area contributed by atoms with Gasteiger partial charge in [0.15, 0.2) is 5.16 Å². The van der Waals surface area contributed by atoms with E-state index in [1.807, 2.05) is 5.32 Å². The summed E-state index contributed by atoms with van der Waals surface area (Å²) in [5.74, 6) is -1.28. The van der Waals surface area contributed by atoms with E-state index in [0.717, 1.165) is 11.8 Å². The number of methoxy groups -OCH3 is 1. The lowest BCUT2D eigenvalue weighted by Gasteiger charge is -2.18. The number of ether oxygens (including phenoxy) is 1. The fraction of sp³-hybridized carbons (Fsp3) is 0.462. The average molecular weight is 342 g/mol. The van der Waals surface area contributed by atoms with Crippen LogP contribution in [0.2, 0.25) is 0 Å². The molecule has 1 atom stereocenters. The number of nitrogens with zero attached hydrogens (tertiary/aromatic N) is 1. The van der Waals surface area contributed by atoms with Crippen molar-refractivity contribution in [3.05, 3.63) is 22.1 Å². The smallest absolute Gasteiger partial charge is 0.318 e. The van der Waals surface area contributed by atoms with Crippen LogP contribution in [0.15, 0.2) is 16.0 Å². The molecule has 126 valence electrons. The highest BCUT2D eigenvalue weighted by Gasteiger charge is 2.25. The minimum atomic E-state index is -0.956.